The molecule has 0 spiro atoms. The average Bonchev–Trinajstić information content (AvgIpc) is 2.77. The Hall–Kier alpha value is -0.346. The van der Waals surface area contributed by atoms with E-state index in [2.05, 4.69) is 64.3 Å². The van der Waals surface area contributed by atoms with E-state index in [0.29, 0.717) is 0 Å². The number of hydrogen-bond acceptors (Lipinski definition) is 0. The van der Waals surface area contributed by atoms with Crippen molar-refractivity contribution in [3.05, 3.63) is 24.3 Å². The van der Waals surface area contributed by atoms with Crippen LogP contribution in [-0.2, 0) is 0 Å². The summed E-state index contributed by atoms with van der Waals surface area (Å²) < 4.78 is 0. The molecule has 1 aromatic rings. The van der Waals surface area contributed by atoms with Crippen molar-refractivity contribution >= 4 is 26.5 Å². The van der Waals surface area contributed by atoms with Crippen LogP contribution in [0.25, 0.3) is 0 Å². The van der Waals surface area contributed by atoms with Crippen molar-refractivity contribution in [1.29, 1.82) is 0 Å². The first-order valence-electron chi connectivity index (χ1n) is 14.4. The standard InChI is InChI=1S/C30H58Si2/c1-7-9-11-13-15-16-18-20-22-28-32(5,6)30-25-23-29(24-26-30)31(3,4)27-21-19-17-14-12-10-8-2/h23-26H,7-22,27-28H2,1-6H3. The Balaban J connectivity index is 2.33. The molecule has 1 aromatic carbocycles. The third kappa shape index (κ3) is 12.8. The summed E-state index contributed by atoms with van der Waals surface area (Å²) >= 11 is 0. The van der Waals surface area contributed by atoms with Gasteiger partial charge in [0, 0.05) is 0 Å². The normalized spacial score (nSPS) is 12.4. The van der Waals surface area contributed by atoms with E-state index in [9.17, 15) is 0 Å². The molecule has 0 fully saturated rings. The highest BCUT2D eigenvalue weighted by molar-refractivity contribution is 6.91. The summed E-state index contributed by atoms with van der Waals surface area (Å²) in [6.07, 6.45) is 22.9. The minimum atomic E-state index is -1.28. The maximum atomic E-state index is 2.59. The summed E-state index contributed by atoms with van der Waals surface area (Å²) in [4.78, 5) is 0. The molecule has 186 valence electrons. The van der Waals surface area contributed by atoms with Crippen LogP contribution in [0.5, 0.6) is 0 Å². The van der Waals surface area contributed by atoms with Gasteiger partial charge in [-0.25, -0.2) is 0 Å². The molecule has 0 aliphatic heterocycles. The lowest BCUT2D eigenvalue weighted by atomic mass is 10.1. The topological polar surface area (TPSA) is 0 Å². The summed E-state index contributed by atoms with van der Waals surface area (Å²) in [7, 11) is -2.55. The fourth-order valence-corrected chi connectivity index (χ4v) is 10.0. The summed E-state index contributed by atoms with van der Waals surface area (Å²) in [5.74, 6) is 0. The Morgan fingerprint density at radius 1 is 0.406 bits per heavy atom. The van der Waals surface area contributed by atoms with Gasteiger partial charge in [-0.2, -0.15) is 0 Å². The quantitative estimate of drug-likeness (QED) is 0.130. The molecule has 0 heterocycles. The minimum absolute atomic E-state index is 1.27. The van der Waals surface area contributed by atoms with Gasteiger partial charge in [0.1, 0.15) is 0 Å². The molecule has 0 nitrogen and oxygen atoms in total. The Bertz CT molecular complexity index is 559. The predicted octanol–water partition coefficient (Wildman–Crippen LogP) is 9.80. The molecular weight excluding hydrogens is 417 g/mol. The van der Waals surface area contributed by atoms with E-state index >= 15 is 0 Å². The number of rotatable bonds is 20. The van der Waals surface area contributed by atoms with Gasteiger partial charge >= 0.3 is 0 Å². The predicted molar refractivity (Wildman–Crippen MR) is 156 cm³/mol. The van der Waals surface area contributed by atoms with Crippen molar-refractivity contribution < 1.29 is 0 Å². The molecule has 0 aliphatic carbocycles. The van der Waals surface area contributed by atoms with Crippen LogP contribution in [-0.4, -0.2) is 16.1 Å². The van der Waals surface area contributed by atoms with Crippen molar-refractivity contribution in [2.45, 2.75) is 155 Å². The summed E-state index contributed by atoms with van der Waals surface area (Å²) in [5, 5.41) is 3.36. The zero-order valence-electron chi connectivity index (χ0n) is 23.0. The van der Waals surface area contributed by atoms with E-state index in [1.54, 1.807) is 10.4 Å². The van der Waals surface area contributed by atoms with Crippen LogP contribution < -0.4 is 10.4 Å². The molecule has 32 heavy (non-hydrogen) atoms. The molecule has 0 atom stereocenters. The lowest BCUT2D eigenvalue weighted by Gasteiger charge is -2.26. The molecule has 1 rings (SSSR count). The Kier molecular flexibility index (Phi) is 15.9. The van der Waals surface area contributed by atoms with Gasteiger partial charge in [0.25, 0.3) is 0 Å². The fourth-order valence-electron chi connectivity index (χ4n) is 5.06. The molecule has 2 heteroatoms. The zero-order chi connectivity index (χ0) is 23.7. The summed E-state index contributed by atoms with van der Waals surface area (Å²) in [5.41, 5.74) is 0. The van der Waals surface area contributed by atoms with Crippen molar-refractivity contribution in [2.75, 3.05) is 0 Å². The highest BCUT2D eigenvalue weighted by atomic mass is 28.3. The third-order valence-corrected chi connectivity index (χ3v) is 14.8. The molecule has 0 saturated carbocycles. The van der Waals surface area contributed by atoms with E-state index in [1.807, 2.05) is 0 Å². The number of unbranched alkanes of at least 4 members (excludes halogenated alkanes) is 14. The van der Waals surface area contributed by atoms with Gasteiger partial charge in [0.05, 0.1) is 16.1 Å². The Morgan fingerprint density at radius 3 is 0.938 bits per heavy atom. The van der Waals surface area contributed by atoms with Crippen LogP contribution in [0.15, 0.2) is 24.3 Å². The van der Waals surface area contributed by atoms with Crippen LogP contribution >= 0.6 is 0 Å². The van der Waals surface area contributed by atoms with Gasteiger partial charge in [-0.3, -0.25) is 0 Å². The highest BCUT2D eigenvalue weighted by Gasteiger charge is 2.26. The molecule has 0 saturated heterocycles. The average molecular weight is 475 g/mol. The maximum absolute atomic E-state index is 2.59. The molecule has 0 aliphatic rings. The van der Waals surface area contributed by atoms with E-state index in [0.717, 1.165) is 0 Å². The molecule has 0 N–H and O–H groups in total. The van der Waals surface area contributed by atoms with Crippen molar-refractivity contribution in [3.63, 3.8) is 0 Å². The second-order valence-corrected chi connectivity index (χ2v) is 21.5. The van der Waals surface area contributed by atoms with Crippen molar-refractivity contribution in [2.24, 2.45) is 0 Å². The van der Waals surface area contributed by atoms with Gasteiger partial charge in [0.15, 0.2) is 0 Å². The number of hydrogen-bond donors (Lipinski definition) is 0. The second kappa shape index (κ2) is 17.1. The fraction of sp³-hybridized carbons (Fsp3) is 0.800. The Morgan fingerprint density at radius 2 is 0.656 bits per heavy atom. The zero-order valence-corrected chi connectivity index (χ0v) is 25.0. The van der Waals surface area contributed by atoms with Crippen molar-refractivity contribution in [1.82, 2.24) is 0 Å². The number of benzene rings is 1. The van der Waals surface area contributed by atoms with Crippen LogP contribution in [0.3, 0.4) is 0 Å². The first kappa shape index (κ1) is 29.7. The van der Waals surface area contributed by atoms with E-state index in [1.165, 1.54) is 115 Å². The lowest BCUT2D eigenvalue weighted by Crippen LogP contribution is -2.45. The lowest BCUT2D eigenvalue weighted by molar-refractivity contribution is 0.571. The van der Waals surface area contributed by atoms with Crippen molar-refractivity contribution in [3.8, 4) is 0 Å². The molecule has 0 aromatic heterocycles. The molecular formula is C30H58Si2. The smallest absolute Gasteiger partial charge is 0.0654 e. The minimum Gasteiger partial charge on any atom is -0.0654 e. The van der Waals surface area contributed by atoms with Gasteiger partial charge < -0.3 is 0 Å². The largest absolute Gasteiger partial charge is 0.0806 e. The van der Waals surface area contributed by atoms with Crippen LogP contribution in [0.4, 0.5) is 0 Å². The highest BCUT2D eigenvalue weighted by Crippen LogP contribution is 2.19. The third-order valence-electron chi connectivity index (χ3n) is 7.76. The maximum Gasteiger partial charge on any atom is 0.0806 e. The van der Waals surface area contributed by atoms with E-state index in [-0.39, 0.29) is 0 Å². The van der Waals surface area contributed by atoms with E-state index in [4.69, 9.17) is 0 Å². The summed E-state index contributed by atoms with van der Waals surface area (Å²) in [6, 6.07) is 13.0. The molecule has 0 bridgehead atoms. The van der Waals surface area contributed by atoms with Crippen LogP contribution in [0.1, 0.15) is 117 Å². The second-order valence-electron chi connectivity index (χ2n) is 11.8. The van der Waals surface area contributed by atoms with Gasteiger partial charge in [-0.15, -0.1) is 0 Å². The SMILES string of the molecule is CCCCCCCCCCC[Si](C)(C)c1ccc([Si](C)(C)CCCCCCCCC)cc1. The van der Waals surface area contributed by atoms with E-state index < -0.39 is 16.1 Å². The van der Waals surface area contributed by atoms with Crippen LogP contribution in [0.2, 0.25) is 38.3 Å². The Labute approximate surface area is 205 Å². The van der Waals surface area contributed by atoms with Gasteiger partial charge in [-0.05, 0) is 0 Å². The van der Waals surface area contributed by atoms with Gasteiger partial charge in [-0.1, -0.05) is 189 Å². The molecule has 0 radical (unpaired) electrons. The molecule has 0 unspecified atom stereocenters. The summed E-state index contributed by atoms with van der Waals surface area (Å²) in [6.45, 7) is 15.0. The first-order valence-corrected chi connectivity index (χ1v) is 20.9. The molecule has 0 amide bonds. The van der Waals surface area contributed by atoms with Crippen LogP contribution in [0, 0.1) is 0 Å². The van der Waals surface area contributed by atoms with Gasteiger partial charge in [0.2, 0.25) is 0 Å². The monoisotopic (exact) mass is 474 g/mol. The first-order chi connectivity index (χ1) is 15.3.